The second-order valence-corrected chi connectivity index (χ2v) is 8.52. The molecule has 1 aliphatic heterocycles. The molecule has 0 atom stereocenters. The zero-order chi connectivity index (χ0) is 18.8. The van der Waals surface area contributed by atoms with Crippen LogP contribution in [0.2, 0.25) is 0 Å². The maximum absolute atomic E-state index is 13.8. The number of rotatable bonds is 6. The van der Waals surface area contributed by atoms with Gasteiger partial charge < -0.3 is 9.84 Å². The summed E-state index contributed by atoms with van der Waals surface area (Å²) in [6.45, 7) is 6.20. The number of hydrogen-bond donors (Lipinski definition) is 1. The van der Waals surface area contributed by atoms with Crippen molar-refractivity contribution in [3.8, 4) is 0 Å². The zero-order valence-electron chi connectivity index (χ0n) is 14.5. The Labute approximate surface area is 147 Å². The highest BCUT2D eigenvalue weighted by Crippen LogP contribution is 2.23. The minimum Gasteiger partial charge on any atom is -0.478 e. The number of aromatic carboxylic acids is 1. The van der Waals surface area contributed by atoms with E-state index < -0.39 is 27.4 Å². The fraction of sp³-hybridized carbons (Fsp3) is 0.562. The molecular formula is C16H23FN2O5S. The van der Waals surface area contributed by atoms with Crippen molar-refractivity contribution in [3.63, 3.8) is 0 Å². The van der Waals surface area contributed by atoms with E-state index in [1.807, 2.05) is 13.8 Å². The topological polar surface area (TPSA) is 87.2 Å². The fourth-order valence-electron chi connectivity index (χ4n) is 2.96. The summed E-state index contributed by atoms with van der Waals surface area (Å²) in [5, 5.41) is 8.84. The molecule has 0 amide bonds. The van der Waals surface area contributed by atoms with E-state index in [1.54, 1.807) is 7.11 Å². The highest BCUT2D eigenvalue weighted by atomic mass is 32.2. The molecule has 1 saturated heterocycles. The molecule has 0 unspecified atom stereocenters. The maximum atomic E-state index is 13.8. The quantitative estimate of drug-likeness (QED) is 0.807. The van der Waals surface area contributed by atoms with Gasteiger partial charge in [0, 0.05) is 38.8 Å². The average molecular weight is 374 g/mol. The third-order valence-electron chi connectivity index (χ3n) is 4.40. The van der Waals surface area contributed by atoms with Gasteiger partial charge in [-0.25, -0.2) is 17.6 Å². The van der Waals surface area contributed by atoms with Gasteiger partial charge in [-0.15, -0.1) is 0 Å². The molecule has 1 fully saturated rings. The minimum absolute atomic E-state index is 0.208. The van der Waals surface area contributed by atoms with E-state index in [1.165, 1.54) is 4.31 Å². The molecule has 0 bridgehead atoms. The van der Waals surface area contributed by atoms with Crippen molar-refractivity contribution in [2.45, 2.75) is 24.3 Å². The highest BCUT2D eigenvalue weighted by Gasteiger charge is 2.34. The third kappa shape index (κ3) is 4.17. The first-order valence-electron chi connectivity index (χ1n) is 7.86. The number of piperazine rings is 1. The molecule has 140 valence electrons. The Bertz CT molecular complexity index is 743. The molecule has 1 aromatic rings. The summed E-state index contributed by atoms with van der Waals surface area (Å²) in [6, 6.07) is 2.87. The van der Waals surface area contributed by atoms with Crippen LogP contribution in [-0.4, -0.2) is 74.1 Å². The van der Waals surface area contributed by atoms with Crippen LogP contribution in [0.5, 0.6) is 0 Å². The van der Waals surface area contributed by atoms with Crippen molar-refractivity contribution in [3.05, 3.63) is 29.6 Å². The summed E-state index contributed by atoms with van der Waals surface area (Å²) in [5.41, 5.74) is -0.759. The number of benzene rings is 1. The van der Waals surface area contributed by atoms with Gasteiger partial charge in [-0.05, 0) is 32.0 Å². The van der Waals surface area contributed by atoms with E-state index >= 15 is 0 Å². The Balaban J connectivity index is 2.15. The largest absolute Gasteiger partial charge is 0.478 e. The first-order chi connectivity index (χ1) is 11.6. The summed E-state index contributed by atoms with van der Waals surface area (Å²) in [5.74, 6) is -2.50. The van der Waals surface area contributed by atoms with Gasteiger partial charge in [0.15, 0.2) is 0 Å². The van der Waals surface area contributed by atoms with E-state index in [2.05, 4.69) is 4.90 Å². The second-order valence-electron chi connectivity index (χ2n) is 6.58. The van der Waals surface area contributed by atoms with Crippen molar-refractivity contribution in [2.24, 2.45) is 0 Å². The lowest BCUT2D eigenvalue weighted by molar-refractivity contribution is 0.0153. The smallest absolute Gasteiger partial charge is 0.338 e. The molecule has 1 aromatic carbocycles. The van der Waals surface area contributed by atoms with E-state index in [0.717, 1.165) is 18.2 Å². The molecule has 9 heteroatoms. The summed E-state index contributed by atoms with van der Waals surface area (Å²) in [7, 11) is -2.24. The van der Waals surface area contributed by atoms with Crippen molar-refractivity contribution in [1.29, 1.82) is 0 Å². The van der Waals surface area contributed by atoms with Gasteiger partial charge in [-0.1, -0.05) is 0 Å². The number of carboxylic acids is 1. The lowest BCUT2D eigenvalue weighted by atomic mass is 10.0. The lowest BCUT2D eigenvalue weighted by Crippen LogP contribution is -2.57. The minimum atomic E-state index is -3.87. The Hall–Kier alpha value is -1.55. The van der Waals surface area contributed by atoms with E-state index in [0.29, 0.717) is 19.7 Å². The molecule has 0 aliphatic carbocycles. The van der Waals surface area contributed by atoms with Crippen molar-refractivity contribution in [1.82, 2.24) is 9.21 Å². The number of carboxylic acid groups (broad SMARTS) is 1. The number of hydrogen-bond acceptors (Lipinski definition) is 5. The number of halogens is 1. The second kappa shape index (κ2) is 7.36. The highest BCUT2D eigenvalue weighted by molar-refractivity contribution is 7.89. The first-order valence-corrected chi connectivity index (χ1v) is 9.30. The van der Waals surface area contributed by atoms with E-state index in [-0.39, 0.29) is 23.5 Å². The van der Waals surface area contributed by atoms with Crippen LogP contribution in [0, 0.1) is 5.82 Å². The molecule has 1 aliphatic rings. The molecule has 1 heterocycles. The van der Waals surface area contributed by atoms with E-state index in [9.17, 15) is 17.6 Å². The fourth-order valence-corrected chi connectivity index (χ4v) is 4.39. The number of sulfonamides is 1. The Morgan fingerprint density at radius 1 is 1.28 bits per heavy atom. The molecule has 2 rings (SSSR count). The molecule has 0 saturated carbocycles. The van der Waals surface area contributed by atoms with Gasteiger partial charge in [0.05, 0.1) is 17.1 Å². The van der Waals surface area contributed by atoms with Gasteiger partial charge >= 0.3 is 5.97 Å². The van der Waals surface area contributed by atoms with Crippen LogP contribution in [-0.2, 0) is 14.8 Å². The van der Waals surface area contributed by atoms with Crippen LogP contribution in [0.15, 0.2) is 23.1 Å². The number of carbonyl (C=O) groups is 1. The van der Waals surface area contributed by atoms with Crippen LogP contribution in [0.4, 0.5) is 4.39 Å². The maximum Gasteiger partial charge on any atom is 0.338 e. The van der Waals surface area contributed by atoms with Gasteiger partial charge in [0.2, 0.25) is 10.0 Å². The summed E-state index contributed by atoms with van der Waals surface area (Å²) < 4.78 is 45.7. The number of ether oxygens (including phenoxy) is 1. The van der Waals surface area contributed by atoms with Gasteiger partial charge in [0.25, 0.3) is 0 Å². The first kappa shape index (κ1) is 19.8. The third-order valence-corrected chi connectivity index (χ3v) is 6.30. The standard InChI is InChI=1S/C16H23FN2O5S/c1-16(2,11-24-3)18-6-8-19(9-7-18)25(22,23)12-4-5-13(15(20)21)14(17)10-12/h4-5,10H,6-9,11H2,1-3H3,(H,20,21). The molecule has 1 N–H and O–H groups in total. The van der Waals surface area contributed by atoms with Crippen LogP contribution < -0.4 is 0 Å². The molecule has 0 aromatic heterocycles. The van der Waals surface area contributed by atoms with Crippen molar-refractivity contribution < 1.29 is 27.4 Å². The van der Waals surface area contributed by atoms with Gasteiger partial charge in [-0.2, -0.15) is 4.31 Å². The molecular weight excluding hydrogens is 351 g/mol. The van der Waals surface area contributed by atoms with Crippen molar-refractivity contribution >= 4 is 16.0 Å². The molecule has 25 heavy (non-hydrogen) atoms. The van der Waals surface area contributed by atoms with Crippen LogP contribution in [0.3, 0.4) is 0 Å². The lowest BCUT2D eigenvalue weighted by Gasteiger charge is -2.43. The Kier molecular flexibility index (Phi) is 5.82. The predicted octanol–water partition coefficient (Wildman–Crippen LogP) is 1.26. The summed E-state index contributed by atoms with van der Waals surface area (Å²) in [4.78, 5) is 12.8. The SMILES string of the molecule is COCC(C)(C)N1CCN(S(=O)(=O)c2ccc(C(=O)O)c(F)c2)CC1. The average Bonchev–Trinajstić information content (AvgIpc) is 2.54. The Morgan fingerprint density at radius 3 is 2.36 bits per heavy atom. The predicted molar refractivity (Wildman–Crippen MR) is 89.6 cm³/mol. The van der Waals surface area contributed by atoms with Crippen LogP contribution in [0.1, 0.15) is 24.2 Å². The molecule has 0 radical (unpaired) electrons. The summed E-state index contributed by atoms with van der Waals surface area (Å²) in [6.07, 6.45) is 0. The number of methoxy groups -OCH3 is 1. The van der Waals surface area contributed by atoms with Gasteiger partial charge in [0.1, 0.15) is 5.82 Å². The van der Waals surface area contributed by atoms with Crippen molar-refractivity contribution in [2.75, 3.05) is 39.9 Å². The Morgan fingerprint density at radius 2 is 1.88 bits per heavy atom. The summed E-state index contributed by atoms with van der Waals surface area (Å²) >= 11 is 0. The number of nitrogens with zero attached hydrogens (tertiary/aromatic N) is 2. The van der Waals surface area contributed by atoms with Crippen LogP contribution >= 0.6 is 0 Å². The van der Waals surface area contributed by atoms with E-state index in [4.69, 9.17) is 9.84 Å². The molecule has 0 spiro atoms. The molecule has 7 nitrogen and oxygen atoms in total. The van der Waals surface area contributed by atoms with Gasteiger partial charge in [-0.3, -0.25) is 4.90 Å². The zero-order valence-corrected chi connectivity index (χ0v) is 15.3. The van der Waals surface area contributed by atoms with Crippen LogP contribution in [0.25, 0.3) is 0 Å². The monoisotopic (exact) mass is 374 g/mol. The normalized spacial score (nSPS) is 17.6.